The lowest BCUT2D eigenvalue weighted by molar-refractivity contribution is -0.384. The van der Waals surface area contributed by atoms with Crippen molar-refractivity contribution >= 4 is 23.4 Å². The molecule has 10 heteroatoms. The minimum Gasteiger partial charge on any atom is -0.383 e. The number of aromatic nitrogens is 3. The van der Waals surface area contributed by atoms with Crippen LogP contribution in [0.3, 0.4) is 0 Å². The fourth-order valence-corrected chi connectivity index (χ4v) is 3.93. The molecule has 0 aliphatic heterocycles. The van der Waals surface area contributed by atoms with E-state index in [0.29, 0.717) is 47.6 Å². The Morgan fingerprint density at radius 3 is 2.61 bits per heavy atom. The second-order valence-corrected chi connectivity index (χ2v) is 7.50. The molecule has 1 heterocycles. The molecule has 0 radical (unpaired) electrons. The van der Waals surface area contributed by atoms with E-state index in [1.54, 1.807) is 37.4 Å². The number of nitro groups is 1. The number of carbonyl (C=O) groups excluding carboxylic acids is 1. The summed E-state index contributed by atoms with van der Waals surface area (Å²) in [5, 5.41) is 23.3. The first kappa shape index (κ1) is 22.4. The minimum atomic E-state index is -0.413. The topological polar surface area (TPSA) is 112 Å². The predicted octanol–water partition coefficient (Wildman–Crippen LogP) is 3.54. The summed E-state index contributed by atoms with van der Waals surface area (Å²) in [6, 6.07) is 13.9. The number of nitrogens with one attached hydrogen (secondary N) is 1. The zero-order chi connectivity index (χ0) is 22.2. The lowest BCUT2D eigenvalue weighted by atomic mass is 10.1. The van der Waals surface area contributed by atoms with Crippen molar-refractivity contribution < 1.29 is 14.5 Å². The molecule has 2 aromatic carbocycles. The van der Waals surface area contributed by atoms with Crippen LogP contribution in [0.1, 0.15) is 22.8 Å². The third kappa shape index (κ3) is 5.47. The van der Waals surface area contributed by atoms with Crippen LogP contribution in [0.2, 0.25) is 0 Å². The zero-order valence-corrected chi connectivity index (χ0v) is 18.1. The summed E-state index contributed by atoms with van der Waals surface area (Å²) in [5.41, 5.74) is 2.05. The lowest BCUT2D eigenvalue weighted by Crippen LogP contribution is -2.26. The van der Waals surface area contributed by atoms with Crippen molar-refractivity contribution in [2.24, 2.45) is 0 Å². The van der Waals surface area contributed by atoms with Gasteiger partial charge in [0.1, 0.15) is 0 Å². The van der Waals surface area contributed by atoms with Crippen molar-refractivity contribution in [1.82, 2.24) is 20.1 Å². The zero-order valence-electron chi connectivity index (χ0n) is 17.3. The van der Waals surface area contributed by atoms with Crippen LogP contribution in [0.4, 0.5) is 5.69 Å². The van der Waals surface area contributed by atoms with Gasteiger partial charge in [-0.25, -0.2) is 0 Å². The molecule has 0 unspecified atom stereocenters. The van der Waals surface area contributed by atoms with Crippen LogP contribution in [-0.2, 0) is 17.0 Å². The Labute approximate surface area is 184 Å². The Hall–Kier alpha value is -3.24. The molecule has 162 valence electrons. The molecule has 0 bridgehead atoms. The van der Waals surface area contributed by atoms with E-state index in [1.165, 1.54) is 17.8 Å². The fourth-order valence-electron chi connectivity index (χ4n) is 2.97. The number of methoxy groups -OCH3 is 1. The molecule has 1 amide bonds. The molecular weight excluding hydrogens is 418 g/mol. The van der Waals surface area contributed by atoms with E-state index in [1.807, 2.05) is 23.6 Å². The Kier molecular flexibility index (Phi) is 7.74. The summed E-state index contributed by atoms with van der Waals surface area (Å²) >= 11 is 1.49. The number of nitro benzene ring substituents is 1. The number of hydrogen-bond acceptors (Lipinski definition) is 7. The van der Waals surface area contributed by atoms with Crippen molar-refractivity contribution in [3.8, 4) is 11.4 Å². The van der Waals surface area contributed by atoms with Gasteiger partial charge in [-0.15, -0.1) is 10.2 Å². The Morgan fingerprint density at radius 2 is 1.94 bits per heavy atom. The molecule has 1 N–H and O–H groups in total. The number of rotatable bonds is 10. The van der Waals surface area contributed by atoms with Crippen LogP contribution >= 0.6 is 11.8 Å². The number of nitrogens with zero attached hydrogens (tertiary/aromatic N) is 4. The minimum absolute atomic E-state index is 0.000476. The molecule has 0 aliphatic rings. The largest absolute Gasteiger partial charge is 0.383 e. The van der Waals surface area contributed by atoms with E-state index >= 15 is 0 Å². The van der Waals surface area contributed by atoms with Crippen LogP contribution in [0.5, 0.6) is 0 Å². The summed E-state index contributed by atoms with van der Waals surface area (Å²) < 4.78 is 6.79. The van der Waals surface area contributed by atoms with Crippen molar-refractivity contribution in [1.29, 1.82) is 0 Å². The van der Waals surface area contributed by atoms with Crippen LogP contribution in [0.25, 0.3) is 11.4 Å². The monoisotopic (exact) mass is 441 g/mol. The van der Waals surface area contributed by atoms with Gasteiger partial charge in [-0.1, -0.05) is 36.0 Å². The molecule has 0 saturated carbocycles. The van der Waals surface area contributed by atoms with Gasteiger partial charge in [-0.2, -0.15) is 0 Å². The highest BCUT2D eigenvalue weighted by Crippen LogP contribution is 2.31. The highest BCUT2D eigenvalue weighted by molar-refractivity contribution is 7.98. The van der Waals surface area contributed by atoms with Gasteiger partial charge in [0.2, 0.25) is 0 Å². The van der Waals surface area contributed by atoms with Crippen molar-refractivity contribution in [3.63, 3.8) is 0 Å². The maximum Gasteiger partial charge on any atom is 0.280 e. The van der Waals surface area contributed by atoms with Crippen molar-refractivity contribution in [2.75, 3.05) is 20.3 Å². The third-order valence-electron chi connectivity index (χ3n) is 4.55. The SMILES string of the molecule is CCn1c(SCc2ccc(C(=O)NCCOC)cc2)nnc1-c1ccccc1[N+](=O)[O-]. The van der Waals surface area contributed by atoms with E-state index < -0.39 is 4.92 Å². The molecule has 3 aromatic rings. The van der Waals surface area contributed by atoms with Gasteiger partial charge in [0, 0.05) is 37.6 Å². The van der Waals surface area contributed by atoms with Crippen LogP contribution in [0, 0.1) is 10.1 Å². The van der Waals surface area contributed by atoms with E-state index in [0.717, 1.165) is 5.56 Å². The number of amides is 1. The Bertz CT molecular complexity index is 1050. The molecule has 0 aliphatic carbocycles. The maximum atomic E-state index is 12.1. The summed E-state index contributed by atoms with van der Waals surface area (Å²) in [7, 11) is 1.59. The van der Waals surface area contributed by atoms with Gasteiger partial charge in [-0.05, 0) is 30.7 Å². The molecule has 0 saturated heterocycles. The van der Waals surface area contributed by atoms with Crippen LogP contribution < -0.4 is 5.32 Å². The number of thioether (sulfide) groups is 1. The molecule has 3 rings (SSSR count). The molecule has 9 nitrogen and oxygen atoms in total. The van der Waals surface area contributed by atoms with Crippen LogP contribution in [-0.4, -0.2) is 45.9 Å². The quantitative estimate of drug-likeness (QED) is 0.222. The molecule has 0 atom stereocenters. The molecule has 0 spiro atoms. The normalized spacial score (nSPS) is 10.8. The van der Waals surface area contributed by atoms with E-state index in [9.17, 15) is 14.9 Å². The van der Waals surface area contributed by atoms with Gasteiger partial charge in [-0.3, -0.25) is 14.9 Å². The first-order valence-electron chi connectivity index (χ1n) is 9.71. The molecule has 31 heavy (non-hydrogen) atoms. The van der Waals surface area contributed by atoms with Gasteiger partial charge >= 0.3 is 0 Å². The van der Waals surface area contributed by atoms with Crippen LogP contribution in [0.15, 0.2) is 53.7 Å². The number of benzene rings is 2. The summed E-state index contributed by atoms with van der Waals surface area (Å²) in [6.45, 7) is 3.45. The Balaban J connectivity index is 1.71. The number of para-hydroxylation sites is 1. The predicted molar refractivity (Wildman–Crippen MR) is 118 cm³/mol. The Morgan fingerprint density at radius 1 is 1.19 bits per heavy atom. The number of ether oxygens (including phenoxy) is 1. The van der Waals surface area contributed by atoms with Gasteiger partial charge in [0.25, 0.3) is 11.6 Å². The standard InChI is InChI=1S/C21H23N5O4S/c1-3-25-19(17-6-4-5-7-18(17)26(28)29)23-24-21(25)31-14-15-8-10-16(11-9-15)20(27)22-12-13-30-2/h4-11H,3,12-14H2,1-2H3,(H,22,27). The highest BCUT2D eigenvalue weighted by atomic mass is 32.2. The smallest absolute Gasteiger partial charge is 0.280 e. The average Bonchev–Trinajstić information content (AvgIpc) is 3.20. The third-order valence-corrected chi connectivity index (χ3v) is 5.59. The molecule has 0 fully saturated rings. The van der Waals surface area contributed by atoms with E-state index in [4.69, 9.17) is 4.74 Å². The van der Waals surface area contributed by atoms with Gasteiger partial charge in [0.15, 0.2) is 11.0 Å². The lowest BCUT2D eigenvalue weighted by Gasteiger charge is -2.08. The summed E-state index contributed by atoms with van der Waals surface area (Å²) in [6.07, 6.45) is 0. The number of carbonyl (C=O) groups is 1. The molecule has 1 aromatic heterocycles. The second kappa shape index (κ2) is 10.7. The average molecular weight is 442 g/mol. The maximum absolute atomic E-state index is 12.1. The van der Waals surface area contributed by atoms with E-state index in [-0.39, 0.29) is 11.6 Å². The fraction of sp³-hybridized carbons (Fsp3) is 0.286. The summed E-state index contributed by atoms with van der Waals surface area (Å²) in [4.78, 5) is 23.0. The highest BCUT2D eigenvalue weighted by Gasteiger charge is 2.21. The summed E-state index contributed by atoms with van der Waals surface area (Å²) in [5.74, 6) is 0.956. The molecular formula is C21H23N5O4S. The van der Waals surface area contributed by atoms with Gasteiger partial charge in [0.05, 0.1) is 17.1 Å². The number of hydrogen-bond donors (Lipinski definition) is 1. The van der Waals surface area contributed by atoms with E-state index in [2.05, 4.69) is 15.5 Å². The van der Waals surface area contributed by atoms with Gasteiger partial charge < -0.3 is 14.6 Å². The first-order valence-corrected chi connectivity index (χ1v) is 10.7. The van der Waals surface area contributed by atoms with Crippen molar-refractivity contribution in [3.05, 3.63) is 69.8 Å². The van der Waals surface area contributed by atoms with Crippen molar-refractivity contribution in [2.45, 2.75) is 24.4 Å². The second-order valence-electron chi connectivity index (χ2n) is 6.56. The first-order chi connectivity index (χ1) is 15.0.